The van der Waals surface area contributed by atoms with Crippen LogP contribution >= 0.6 is 23.1 Å². The molecule has 2 amide bonds. The third kappa shape index (κ3) is 4.73. The van der Waals surface area contributed by atoms with Crippen molar-refractivity contribution in [2.75, 3.05) is 18.8 Å². The molecule has 1 aliphatic heterocycles. The van der Waals surface area contributed by atoms with Crippen molar-refractivity contribution in [2.24, 2.45) is 11.7 Å². The van der Waals surface area contributed by atoms with Gasteiger partial charge in [-0.05, 0) is 36.4 Å². The van der Waals surface area contributed by atoms with Crippen molar-refractivity contribution in [1.82, 2.24) is 19.7 Å². The number of amides is 2. The summed E-state index contributed by atoms with van der Waals surface area (Å²) in [4.78, 5) is 27.0. The quantitative estimate of drug-likeness (QED) is 0.569. The molecule has 0 saturated carbocycles. The lowest BCUT2D eigenvalue weighted by atomic mass is 9.96. The smallest absolute Gasteiger partial charge is 0.233 e. The standard InChI is InChI=1S/C21H23N5O2S2/c22-20(28)15-8-10-25(11-9-15)19(27)14-30-21-24-23-18(13-17-7-4-12-29-17)26(21)16-5-2-1-3-6-16/h1-7,12,15H,8-11,13-14H2,(H2,22,28). The first-order chi connectivity index (χ1) is 14.6. The third-order valence-electron chi connectivity index (χ3n) is 5.20. The van der Waals surface area contributed by atoms with Crippen LogP contribution in [0.25, 0.3) is 5.69 Å². The number of carbonyl (C=O) groups excluding carboxylic acids is 2. The summed E-state index contributed by atoms with van der Waals surface area (Å²) in [6, 6.07) is 14.1. The van der Waals surface area contributed by atoms with Crippen LogP contribution in [0.5, 0.6) is 0 Å². The molecule has 4 rings (SSSR count). The van der Waals surface area contributed by atoms with Gasteiger partial charge < -0.3 is 10.6 Å². The second kappa shape index (κ2) is 9.44. The molecular weight excluding hydrogens is 418 g/mol. The van der Waals surface area contributed by atoms with Crippen molar-refractivity contribution in [2.45, 2.75) is 24.4 Å². The van der Waals surface area contributed by atoms with Crippen LogP contribution in [-0.2, 0) is 16.0 Å². The van der Waals surface area contributed by atoms with Gasteiger partial charge in [0.05, 0.1) is 5.75 Å². The molecule has 1 fully saturated rings. The number of thiophene rings is 1. The lowest BCUT2D eigenvalue weighted by molar-refractivity contribution is -0.132. The number of nitrogens with two attached hydrogens (primary N) is 1. The number of para-hydroxylation sites is 1. The van der Waals surface area contributed by atoms with Gasteiger partial charge in [-0.1, -0.05) is 36.0 Å². The summed E-state index contributed by atoms with van der Waals surface area (Å²) in [6.45, 7) is 1.14. The molecule has 3 heterocycles. The Balaban J connectivity index is 1.47. The highest BCUT2D eigenvalue weighted by molar-refractivity contribution is 7.99. The molecule has 1 aliphatic rings. The van der Waals surface area contributed by atoms with Gasteiger partial charge in [-0.15, -0.1) is 21.5 Å². The fraction of sp³-hybridized carbons (Fsp3) is 0.333. The van der Waals surface area contributed by atoms with Crippen molar-refractivity contribution >= 4 is 34.9 Å². The van der Waals surface area contributed by atoms with E-state index in [1.807, 2.05) is 51.2 Å². The number of hydrogen-bond acceptors (Lipinski definition) is 6. The fourth-order valence-electron chi connectivity index (χ4n) is 3.54. The SMILES string of the molecule is NC(=O)C1CCN(C(=O)CSc2nnc(Cc3cccs3)n2-c2ccccc2)CC1. The lowest BCUT2D eigenvalue weighted by Crippen LogP contribution is -2.42. The van der Waals surface area contributed by atoms with Gasteiger partial charge in [0.25, 0.3) is 0 Å². The van der Waals surface area contributed by atoms with E-state index >= 15 is 0 Å². The zero-order valence-electron chi connectivity index (χ0n) is 16.4. The molecule has 0 aliphatic carbocycles. The molecule has 0 radical (unpaired) electrons. The lowest BCUT2D eigenvalue weighted by Gasteiger charge is -2.30. The summed E-state index contributed by atoms with van der Waals surface area (Å²) < 4.78 is 2.02. The molecule has 7 nitrogen and oxygen atoms in total. The Morgan fingerprint density at radius 2 is 1.87 bits per heavy atom. The van der Waals surface area contributed by atoms with Gasteiger partial charge in [0, 0.05) is 36.0 Å². The van der Waals surface area contributed by atoms with Gasteiger partial charge in [-0.25, -0.2) is 0 Å². The molecular formula is C21H23N5O2S2. The minimum Gasteiger partial charge on any atom is -0.369 e. The monoisotopic (exact) mass is 441 g/mol. The summed E-state index contributed by atoms with van der Waals surface area (Å²) in [5.74, 6) is 0.783. The number of aromatic nitrogens is 3. The Morgan fingerprint density at radius 1 is 1.10 bits per heavy atom. The molecule has 0 bridgehead atoms. The summed E-state index contributed by atoms with van der Waals surface area (Å²) in [6.07, 6.45) is 1.96. The number of hydrogen-bond donors (Lipinski definition) is 1. The summed E-state index contributed by atoms with van der Waals surface area (Å²) in [5.41, 5.74) is 6.36. The highest BCUT2D eigenvalue weighted by Crippen LogP contribution is 2.25. The van der Waals surface area contributed by atoms with E-state index in [0.29, 0.717) is 37.5 Å². The molecule has 2 aromatic heterocycles. The minimum atomic E-state index is -0.272. The second-order valence-corrected chi connectivity index (χ2v) is 9.15. The number of carbonyl (C=O) groups is 2. The number of likely N-dealkylation sites (tertiary alicyclic amines) is 1. The van der Waals surface area contributed by atoms with E-state index in [4.69, 9.17) is 5.73 Å². The molecule has 1 saturated heterocycles. The largest absolute Gasteiger partial charge is 0.369 e. The van der Waals surface area contributed by atoms with Crippen LogP contribution in [0.4, 0.5) is 0 Å². The van der Waals surface area contributed by atoms with Crippen molar-refractivity contribution in [1.29, 1.82) is 0 Å². The van der Waals surface area contributed by atoms with E-state index in [0.717, 1.165) is 11.5 Å². The molecule has 0 unspecified atom stereocenters. The van der Waals surface area contributed by atoms with Crippen molar-refractivity contribution < 1.29 is 9.59 Å². The van der Waals surface area contributed by atoms with Crippen LogP contribution in [-0.4, -0.2) is 50.3 Å². The van der Waals surface area contributed by atoms with Gasteiger partial charge >= 0.3 is 0 Å². The maximum atomic E-state index is 12.7. The molecule has 30 heavy (non-hydrogen) atoms. The average molecular weight is 442 g/mol. The number of nitrogens with zero attached hydrogens (tertiary/aromatic N) is 4. The van der Waals surface area contributed by atoms with Gasteiger partial charge in [0.15, 0.2) is 5.16 Å². The normalized spacial score (nSPS) is 14.7. The molecule has 0 atom stereocenters. The Kier molecular flexibility index (Phi) is 6.49. The first-order valence-corrected chi connectivity index (χ1v) is 11.7. The Hall–Kier alpha value is -2.65. The predicted molar refractivity (Wildman–Crippen MR) is 118 cm³/mol. The summed E-state index contributed by atoms with van der Waals surface area (Å²) in [7, 11) is 0. The fourth-order valence-corrected chi connectivity index (χ4v) is 5.12. The maximum absolute atomic E-state index is 12.7. The van der Waals surface area contributed by atoms with Gasteiger partial charge in [0.1, 0.15) is 5.82 Å². The van der Waals surface area contributed by atoms with E-state index < -0.39 is 0 Å². The molecule has 2 N–H and O–H groups in total. The van der Waals surface area contributed by atoms with Crippen LogP contribution < -0.4 is 5.73 Å². The zero-order valence-corrected chi connectivity index (χ0v) is 18.1. The first-order valence-electron chi connectivity index (χ1n) is 9.84. The summed E-state index contributed by atoms with van der Waals surface area (Å²) in [5, 5.41) is 11.5. The molecule has 0 spiro atoms. The topological polar surface area (TPSA) is 94.1 Å². The van der Waals surface area contributed by atoms with Gasteiger partial charge in [-0.2, -0.15) is 0 Å². The number of thioether (sulfide) groups is 1. The number of benzene rings is 1. The molecule has 1 aromatic carbocycles. The third-order valence-corrected chi connectivity index (χ3v) is 6.99. The van der Waals surface area contributed by atoms with Gasteiger partial charge in [-0.3, -0.25) is 14.2 Å². The van der Waals surface area contributed by atoms with Gasteiger partial charge in [0.2, 0.25) is 11.8 Å². The Labute approximate surface area is 183 Å². The number of primary amides is 1. The number of piperidine rings is 1. The maximum Gasteiger partial charge on any atom is 0.233 e. The van der Waals surface area contributed by atoms with E-state index in [1.165, 1.54) is 16.6 Å². The average Bonchev–Trinajstić information content (AvgIpc) is 3.43. The summed E-state index contributed by atoms with van der Waals surface area (Å²) >= 11 is 3.08. The van der Waals surface area contributed by atoms with Crippen LogP contribution in [0.15, 0.2) is 53.0 Å². The van der Waals surface area contributed by atoms with E-state index in [1.54, 1.807) is 11.3 Å². The predicted octanol–water partition coefficient (Wildman–Crippen LogP) is 2.74. The Bertz CT molecular complexity index is 996. The van der Waals surface area contributed by atoms with Crippen LogP contribution in [0, 0.1) is 5.92 Å². The molecule has 9 heteroatoms. The minimum absolute atomic E-state index is 0.0466. The van der Waals surface area contributed by atoms with Crippen molar-refractivity contribution in [3.63, 3.8) is 0 Å². The Morgan fingerprint density at radius 3 is 2.53 bits per heavy atom. The van der Waals surface area contributed by atoms with E-state index in [-0.39, 0.29) is 23.5 Å². The molecule has 156 valence electrons. The van der Waals surface area contributed by atoms with Crippen LogP contribution in [0.1, 0.15) is 23.5 Å². The van der Waals surface area contributed by atoms with Crippen molar-refractivity contribution in [3.8, 4) is 5.69 Å². The second-order valence-electron chi connectivity index (χ2n) is 7.17. The van der Waals surface area contributed by atoms with Crippen LogP contribution in [0.3, 0.4) is 0 Å². The van der Waals surface area contributed by atoms with Crippen LogP contribution in [0.2, 0.25) is 0 Å². The highest BCUT2D eigenvalue weighted by Gasteiger charge is 2.26. The van der Waals surface area contributed by atoms with E-state index in [9.17, 15) is 9.59 Å². The number of rotatable bonds is 7. The molecule has 3 aromatic rings. The zero-order chi connectivity index (χ0) is 20.9. The first kappa shape index (κ1) is 20.6. The van der Waals surface area contributed by atoms with E-state index in [2.05, 4.69) is 16.3 Å². The highest BCUT2D eigenvalue weighted by atomic mass is 32.2. The van der Waals surface area contributed by atoms with Crippen molar-refractivity contribution in [3.05, 3.63) is 58.5 Å².